The molecule has 3 N–H and O–H groups in total. The molecule has 0 aliphatic heterocycles. The van der Waals surface area contributed by atoms with Gasteiger partial charge in [-0.1, -0.05) is 13.3 Å². The number of nitrogens with two attached hydrogens (primary N) is 1. The number of carbonyl (C=O) groups is 2. The van der Waals surface area contributed by atoms with E-state index in [4.69, 9.17) is 10.8 Å². The summed E-state index contributed by atoms with van der Waals surface area (Å²) >= 11 is 0. The zero-order chi connectivity index (χ0) is 14.7. The number of carboxylic acids is 1. The molecule has 0 unspecified atom stereocenters. The van der Waals surface area contributed by atoms with Gasteiger partial charge in [-0.15, -0.1) is 6.54 Å². The average Bonchev–Trinajstić information content (AvgIpc) is 2.38. The third kappa shape index (κ3) is 12.3. The number of carboxylic acid groups (broad SMARTS) is 1. The predicted molar refractivity (Wildman–Crippen MR) is 73.3 cm³/mol. The molecule has 1 amide bonds. The van der Waals surface area contributed by atoms with E-state index in [0.717, 1.165) is 6.42 Å². The monoisotopic (exact) mass is 353 g/mol. The van der Waals surface area contributed by atoms with E-state index >= 15 is 0 Å². The first-order valence-corrected chi connectivity index (χ1v) is 5.96. The van der Waals surface area contributed by atoms with Gasteiger partial charge in [0.15, 0.2) is 0 Å². The van der Waals surface area contributed by atoms with Gasteiger partial charge >= 0.3 is 5.97 Å². The Balaban J connectivity index is 0. The minimum absolute atomic E-state index is 0. The van der Waals surface area contributed by atoms with Crippen molar-refractivity contribution in [1.29, 1.82) is 0 Å². The number of aryl methyl sites for hydroxylation is 1. The van der Waals surface area contributed by atoms with Gasteiger partial charge in [-0.2, -0.15) is 35.9 Å². The Morgan fingerprint density at radius 3 is 2.20 bits per heavy atom. The topological polar surface area (TPSA) is 83.6 Å². The smallest absolute Gasteiger partial charge is 0.317 e. The Morgan fingerprint density at radius 2 is 1.90 bits per heavy atom. The number of nitrogens with zero attached hydrogens (tertiary/aromatic N) is 1. The average molecular weight is 353 g/mol. The Bertz CT molecular complexity index is 369. The molecule has 0 fully saturated rings. The molecule has 0 saturated heterocycles. The maximum absolute atomic E-state index is 10.3. The fourth-order valence-corrected chi connectivity index (χ4v) is 1.28. The van der Waals surface area contributed by atoms with Crippen molar-refractivity contribution in [3.05, 3.63) is 42.8 Å². The largest absolute Gasteiger partial charge is 0.480 e. The zero-order valence-corrected chi connectivity index (χ0v) is 14.5. The van der Waals surface area contributed by atoms with Crippen LogP contribution in [0, 0.1) is 13.0 Å². The number of hydrogen-bond donors (Lipinski definition) is 2. The van der Waals surface area contributed by atoms with Gasteiger partial charge in [0.25, 0.3) is 0 Å². The predicted octanol–water partition coefficient (Wildman–Crippen LogP) is 0.739. The summed E-state index contributed by atoms with van der Waals surface area (Å²) in [6.45, 7) is 5.59. The molecule has 0 atom stereocenters. The van der Waals surface area contributed by atoms with Gasteiger partial charge < -0.3 is 22.7 Å². The maximum atomic E-state index is 10.3. The molecule has 0 heterocycles. The molecule has 0 aliphatic carbocycles. The van der Waals surface area contributed by atoms with E-state index in [1.54, 1.807) is 0 Å². The summed E-state index contributed by atoms with van der Waals surface area (Å²) in [4.78, 5) is 21.8. The molecule has 1 radical (unpaired) electrons. The van der Waals surface area contributed by atoms with Crippen molar-refractivity contribution in [1.82, 2.24) is 4.90 Å². The van der Waals surface area contributed by atoms with Crippen molar-refractivity contribution >= 4 is 11.9 Å². The summed E-state index contributed by atoms with van der Waals surface area (Å²) in [7, 11) is 0. The van der Waals surface area contributed by atoms with Crippen LogP contribution in [-0.2, 0) is 48.7 Å². The zero-order valence-electron chi connectivity index (χ0n) is 11.7. The molecule has 20 heavy (non-hydrogen) atoms. The van der Waals surface area contributed by atoms with E-state index in [2.05, 4.69) is 32.0 Å². The van der Waals surface area contributed by atoms with Crippen LogP contribution in [0.1, 0.15) is 12.5 Å². The number of hydrogen-bond acceptors (Lipinski definition) is 3. The van der Waals surface area contributed by atoms with Crippen LogP contribution in [-0.4, -0.2) is 41.5 Å². The van der Waals surface area contributed by atoms with E-state index in [0.29, 0.717) is 0 Å². The fraction of sp³-hybridized carbons (Fsp3) is 0.357. The normalized spacial score (nSPS) is 9.15. The SMILES string of the molecule is CCc1cc[c-]cc1.[CH2-]CN(CC(N)=O)CC(=O)O.[Y]. The van der Waals surface area contributed by atoms with Crippen molar-refractivity contribution < 1.29 is 47.4 Å². The van der Waals surface area contributed by atoms with Crippen LogP contribution in [0.3, 0.4) is 0 Å². The van der Waals surface area contributed by atoms with Gasteiger partial charge in [0.05, 0.1) is 13.1 Å². The summed E-state index contributed by atoms with van der Waals surface area (Å²) in [5, 5.41) is 8.31. The Morgan fingerprint density at radius 1 is 1.35 bits per heavy atom. The maximum Gasteiger partial charge on any atom is 0.317 e. The van der Waals surface area contributed by atoms with Crippen LogP contribution in [0.2, 0.25) is 0 Å². The van der Waals surface area contributed by atoms with Gasteiger partial charge in [0.1, 0.15) is 0 Å². The van der Waals surface area contributed by atoms with E-state index in [1.807, 2.05) is 12.1 Å². The van der Waals surface area contributed by atoms with Gasteiger partial charge in [0, 0.05) is 32.7 Å². The Kier molecular flexibility index (Phi) is 14.2. The first kappa shape index (κ1) is 21.5. The molecule has 1 rings (SSSR count). The first-order valence-electron chi connectivity index (χ1n) is 5.96. The van der Waals surface area contributed by atoms with Crippen molar-refractivity contribution in [2.75, 3.05) is 19.6 Å². The number of carbonyl (C=O) groups excluding carboxylic acids is 1. The molecule has 0 spiro atoms. The summed E-state index contributed by atoms with van der Waals surface area (Å²) in [6, 6.07) is 11.0. The minimum Gasteiger partial charge on any atom is -0.480 e. The third-order valence-corrected chi connectivity index (χ3v) is 2.25. The molecule has 109 valence electrons. The van der Waals surface area contributed by atoms with Crippen molar-refractivity contribution in [3.8, 4) is 0 Å². The van der Waals surface area contributed by atoms with Gasteiger partial charge in [-0.3, -0.25) is 9.59 Å². The van der Waals surface area contributed by atoms with Crippen LogP contribution < -0.4 is 5.73 Å². The summed E-state index contributed by atoms with van der Waals surface area (Å²) in [6.07, 6.45) is 1.12. The second-order valence-corrected chi connectivity index (χ2v) is 3.83. The molecule has 6 heteroatoms. The molecule has 0 aromatic heterocycles. The van der Waals surface area contributed by atoms with E-state index < -0.39 is 11.9 Å². The minimum atomic E-state index is -0.991. The molecule has 0 bridgehead atoms. The van der Waals surface area contributed by atoms with Crippen molar-refractivity contribution in [2.24, 2.45) is 5.73 Å². The quantitative estimate of drug-likeness (QED) is 0.739. The van der Waals surface area contributed by atoms with Gasteiger partial charge in [-0.05, 0) is 0 Å². The van der Waals surface area contributed by atoms with Gasteiger partial charge in [-0.25, -0.2) is 0 Å². The van der Waals surface area contributed by atoms with Crippen LogP contribution >= 0.6 is 0 Å². The van der Waals surface area contributed by atoms with Crippen LogP contribution in [0.5, 0.6) is 0 Å². The van der Waals surface area contributed by atoms with Crippen molar-refractivity contribution in [3.63, 3.8) is 0 Å². The first-order chi connectivity index (χ1) is 8.99. The molecule has 5 nitrogen and oxygen atoms in total. The molecular formula is C14H20N2O3Y-2. The second kappa shape index (κ2) is 13.2. The van der Waals surface area contributed by atoms with Crippen molar-refractivity contribution in [2.45, 2.75) is 13.3 Å². The summed E-state index contributed by atoms with van der Waals surface area (Å²) in [5.41, 5.74) is 6.22. The number of benzene rings is 1. The summed E-state index contributed by atoms with van der Waals surface area (Å²) < 4.78 is 0. The number of rotatable bonds is 6. The Labute approximate surface area is 145 Å². The standard InChI is InChI=1S/C8H9.C6H11N2O3.Y/c1-2-8-6-4-3-5-7-8;1-2-8(3-5(7)9)4-6(10)11;/h4-7H,2H2,1H3;1-4H2,(H2,7,9)(H,10,11);/q2*-1;. The van der Waals surface area contributed by atoms with Crippen LogP contribution in [0.25, 0.3) is 0 Å². The van der Waals surface area contributed by atoms with E-state index in [9.17, 15) is 9.59 Å². The van der Waals surface area contributed by atoms with E-state index in [1.165, 1.54) is 10.5 Å². The number of amides is 1. The van der Waals surface area contributed by atoms with Gasteiger partial charge in [0.2, 0.25) is 5.91 Å². The molecule has 0 saturated carbocycles. The second-order valence-electron chi connectivity index (χ2n) is 3.83. The third-order valence-electron chi connectivity index (χ3n) is 2.25. The molecule has 1 aromatic rings. The number of aliphatic carboxylic acids is 1. The fourth-order valence-electron chi connectivity index (χ4n) is 1.28. The number of primary amides is 1. The van der Waals surface area contributed by atoms with E-state index in [-0.39, 0.29) is 52.3 Å². The Hall–Kier alpha value is -0.776. The van der Waals surface area contributed by atoms with Crippen LogP contribution in [0.4, 0.5) is 0 Å². The molecular weight excluding hydrogens is 333 g/mol. The molecule has 0 aliphatic rings. The van der Waals surface area contributed by atoms with Crippen LogP contribution in [0.15, 0.2) is 24.3 Å². The molecule has 1 aromatic carbocycles. The summed E-state index contributed by atoms with van der Waals surface area (Å²) in [5.74, 6) is -1.54.